The van der Waals surface area contributed by atoms with Crippen LogP contribution in [0, 0.1) is 0 Å². The van der Waals surface area contributed by atoms with Gasteiger partial charge in [0, 0.05) is 20.3 Å². The number of fused-ring (bicyclic) bond motifs is 1. The van der Waals surface area contributed by atoms with Gasteiger partial charge in [-0.2, -0.15) is 4.98 Å². The summed E-state index contributed by atoms with van der Waals surface area (Å²) < 4.78 is 1.46. The van der Waals surface area contributed by atoms with E-state index in [2.05, 4.69) is 15.3 Å². The number of hydrogen-bond donors (Lipinski definition) is 1. The molecule has 0 aromatic carbocycles. The second-order valence-electron chi connectivity index (χ2n) is 2.92. The largest absolute Gasteiger partial charge is 0.359 e. The van der Waals surface area contributed by atoms with Crippen molar-refractivity contribution < 1.29 is 0 Å². The zero-order valence-corrected chi connectivity index (χ0v) is 7.98. The molecule has 0 spiro atoms. The quantitative estimate of drug-likeness (QED) is 0.705. The lowest BCUT2D eigenvalue weighted by atomic mass is 10.3. The first-order valence-electron chi connectivity index (χ1n) is 4.23. The number of anilines is 1. The van der Waals surface area contributed by atoms with Crippen LogP contribution < -0.4 is 10.9 Å². The highest BCUT2D eigenvalue weighted by molar-refractivity contribution is 5.74. The molecule has 0 radical (unpaired) electrons. The lowest BCUT2D eigenvalue weighted by Crippen LogP contribution is -2.21. The van der Waals surface area contributed by atoms with E-state index in [-0.39, 0.29) is 5.56 Å². The average Bonchev–Trinajstić information content (AvgIpc) is 2.23. The van der Waals surface area contributed by atoms with Crippen molar-refractivity contribution in [1.82, 2.24) is 14.5 Å². The van der Waals surface area contributed by atoms with Crippen molar-refractivity contribution in [1.29, 1.82) is 0 Å². The molecule has 0 unspecified atom stereocenters. The summed E-state index contributed by atoms with van der Waals surface area (Å²) in [6.45, 7) is 0. The summed E-state index contributed by atoms with van der Waals surface area (Å²) in [6.07, 6.45) is 1.62. The monoisotopic (exact) mass is 190 g/mol. The van der Waals surface area contributed by atoms with Crippen LogP contribution in [-0.2, 0) is 7.05 Å². The maximum atomic E-state index is 11.8. The maximum absolute atomic E-state index is 11.8. The predicted molar refractivity (Wildman–Crippen MR) is 54.3 cm³/mol. The number of nitrogens with zero attached hydrogens (tertiary/aromatic N) is 3. The normalized spacial score (nSPS) is 10.4. The Kier molecular flexibility index (Phi) is 1.92. The summed E-state index contributed by atoms with van der Waals surface area (Å²) >= 11 is 0. The highest BCUT2D eigenvalue weighted by Gasteiger charge is 2.06. The minimum atomic E-state index is -0.0903. The van der Waals surface area contributed by atoms with E-state index >= 15 is 0 Å². The van der Waals surface area contributed by atoms with E-state index in [9.17, 15) is 4.79 Å². The van der Waals surface area contributed by atoms with Crippen LogP contribution in [0.3, 0.4) is 0 Å². The fraction of sp³-hybridized carbons (Fsp3) is 0.222. The third kappa shape index (κ3) is 1.14. The van der Waals surface area contributed by atoms with Crippen molar-refractivity contribution in [2.24, 2.45) is 7.05 Å². The van der Waals surface area contributed by atoms with Crippen LogP contribution in [0.15, 0.2) is 23.1 Å². The molecule has 0 aliphatic rings. The zero-order chi connectivity index (χ0) is 10.1. The van der Waals surface area contributed by atoms with Crippen molar-refractivity contribution in [2.45, 2.75) is 0 Å². The smallest absolute Gasteiger partial charge is 0.264 e. The molecule has 0 saturated carbocycles. The average molecular weight is 190 g/mol. The maximum Gasteiger partial charge on any atom is 0.264 e. The Bertz CT molecular complexity index is 532. The van der Waals surface area contributed by atoms with Crippen LogP contribution in [0.1, 0.15) is 0 Å². The molecule has 2 aromatic rings. The summed E-state index contributed by atoms with van der Waals surface area (Å²) in [5.74, 6) is 0.515. The number of aromatic nitrogens is 3. The fourth-order valence-corrected chi connectivity index (χ4v) is 1.33. The van der Waals surface area contributed by atoms with Crippen molar-refractivity contribution in [2.75, 3.05) is 12.4 Å². The van der Waals surface area contributed by atoms with Gasteiger partial charge in [-0.15, -0.1) is 0 Å². The molecule has 1 N–H and O–H groups in total. The van der Waals surface area contributed by atoms with E-state index in [1.165, 1.54) is 4.57 Å². The van der Waals surface area contributed by atoms with Gasteiger partial charge in [0.25, 0.3) is 5.56 Å². The summed E-state index contributed by atoms with van der Waals surface area (Å²) in [5, 5.41) is 3.38. The molecule has 2 rings (SSSR count). The first kappa shape index (κ1) is 8.68. The Morgan fingerprint density at radius 2 is 2.29 bits per heavy atom. The van der Waals surface area contributed by atoms with Crippen LogP contribution in [0.2, 0.25) is 0 Å². The van der Waals surface area contributed by atoms with Gasteiger partial charge in [-0.3, -0.25) is 9.36 Å². The molecule has 0 aliphatic heterocycles. The Morgan fingerprint density at radius 1 is 1.50 bits per heavy atom. The summed E-state index contributed by atoms with van der Waals surface area (Å²) in [5.41, 5.74) is 0.382. The van der Waals surface area contributed by atoms with E-state index in [0.717, 1.165) is 0 Å². The van der Waals surface area contributed by atoms with Crippen LogP contribution in [0.4, 0.5) is 5.95 Å². The van der Waals surface area contributed by atoms with E-state index in [1.54, 1.807) is 32.4 Å². The first-order valence-corrected chi connectivity index (χ1v) is 4.23. The predicted octanol–water partition coefficient (Wildman–Crippen LogP) is 0.370. The van der Waals surface area contributed by atoms with Gasteiger partial charge >= 0.3 is 0 Å². The topological polar surface area (TPSA) is 59.8 Å². The van der Waals surface area contributed by atoms with Gasteiger partial charge in [-0.1, -0.05) is 0 Å². The van der Waals surface area contributed by atoms with Crippen LogP contribution in [-0.4, -0.2) is 21.6 Å². The second-order valence-corrected chi connectivity index (χ2v) is 2.92. The molecule has 0 atom stereocenters. The number of rotatable bonds is 1. The van der Waals surface area contributed by atoms with Crippen molar-refractivity contribution in [3.05, 3.63) is 28.7 Å². The number of hydrogen-bond acceptors (Lipinski definition) is 4. The molecule has 5 nitrogen and oxygen atoms in total. The molecule has 2 heterocycles. The van der Waals surface area contributed by atoms with E-state index in [0.29, 0.717) is 17.0 Å². The van der Waals surface area contributed by atoms with Gasteiger partial charge < -0.3 is 5.32 Å². The van der Waals surface area contributed by atoms with Crippen LogP contribution in [0.25, 0.3) is 11.0 Å². The van der Waals surface area contributed by atoms with Gasteiger partial charge in [0.1, 0.15) is 0 Å². The van der Waals surface area contributed by atoms with E-state index in [1.807, 2.05) is 0 Å². The van der Waals surface area contributed by atoms with Gasteiger partial charge in [0.2, 0.25) is 5.95 Å². The van der Waals surface area contributed by atoms with E-state index < -0.39 is 0 Å². The molecule has 0 bridgehead atoms. The standard InChI is InChI=1S/C9H10N4O/c1-10-9-12-7-6(4-3-5-11-7)8(14)13(9)2/h3-5H,1-2H3,(H,10,11,12). The Morgan fingerprint density at radius 3 is 3.00 bits per heavy atom. The molecule has 0 amide bonds. The minimum absolute atomic E-state index is 0.0903. The van der Waals surface area contributed by atoms with Crippen molar-refractivity contribution in [3.8, 4) is 0 Å². The summed E-state index contributed by atoms with van der Waals surface area (Å²) in [7, 11) is 3.39. The lowest BCUT2D eigenvalue weighted by molar-refractivity contribution is 0.849. The Hall–Kier alpha value is -1.91. The van der Waals surface area contributed by atoms with E-state index in [4.69, 9.17) is 0 Å². The van der Waals surface area contributed by atoms with Gasteiger partial charge in [0.15, 0.2) is 5.65 Å². The van der Waals surface area contributed by atoms with Gasteiger partial charge in [0.05, 0.1) is 5.39 Å². The first-order chi connectivity index (χ1) is 6.74. The Balaban J connectivity index is 2.92. The molecule has 0 saturated heterocycles. The SMILES string of the molecule is CNc1nc2ncccc2c(=O)n1C. The van der Waals surface area contributed by atoms with Crippen molar-refractivity contribution in [3.63, 3.8) is 0 Å². The molecule has 0 fully saturated rings. The number of pyridine rings is 1. The number of nitrogens with one attached hydrogen (secondary N) is 1. The highest BCUT2D eigenvalue weighted by Crippen LogP contribution is 2.05. The second kappa shape index (κ2) is 3.10. The zero-order valence-electron chi connectivity index (χ0n) is 7.98. The van der Waals surface area contributed by atoms with Gasteiger partial charge in [-0.25, -0.2) is 4.98 Å². The molecule has 2 aromatic heterocycles. The van der Waals surface area contributed by atoms with Crippen LogP contribution >= 0.6 is 0 Å². The molecular formula is C9H10N4O. The van der Waals surface area contributed by atoms with Crippen molar-refractivity contribution >= 4 is 17.0 Å². The summed E-state index contributed by atoms with van der Waals surface area (Å²) in [4.78, 5) is 20.0. The molecular weight excluding hydrogens is 180 g/mol. The van der Waals surface area contributed by atoms with Gasteiger partial charge in [-0.05, 0) is 12.1 Å². The molecule has 5 heteroatoms. The minimum Gasteiger partial charge on any atom is -0.359 e. The Labute approximate surface area is 80.4 Å². The summed E-state index contributed by atoms with van der Waals surface area (Å²) in [6, 6.07) is 3.45. The highest BCUT2D eigenvalue weighted by atomic mass is 16.1. The lowest BCUT2D eigenvalue weighted by Gasteiger charge is -2.06. The molecule has 14 heavy (non-hydrogen) atoms. The molecule has 72 valence electrons. The fourth-order valence-electron chi connectivity index (χ4n) is 1.33. The van der Waals surface area contributed by atoms with Crippen LogP contribution in [0.5, 0.6) is 0 Å². The molecule has 0 aliphatic carbocycles. The third-order valence-corrected chi connectivity index (χ3v) is 2.07. The third-order valence-electron chi connectivity index (χ3n) is 2.07.